The van der Waals surface area contributed by atoms with Gasteiger partial charge >= 0.3 is 5.97 Å². The van der Waals surface area contributed by atoms with Crippen LogP contribution in [0.3, 0.4) is 0 Å². The minimum absolute atomic E-state index is 0.337. The normalized spacial score (nSPS) is 27.8. The van der Waals surface area contributed by atoms with E-state index < -0.39 is 11.3 Å². The third-order valence-corrected chi connectivity index (χ3v) is 1.92. The van der Waals surface area contributed by atoms with E-state index in [1.165, 1.54) is 11.8 Å². The van der Waals surface area contributed by atoms with Gasteiger partial charge in [-0.05, 0) is 0 Å². The fraction of sp³-hybridized carbons (Fsp3) is 0.750. The summed E-state index contributed by atoms with van der Waals surface area (Å²) in [6, 6.07) is 0. The maximum Gasteiger partial charge on any atom is 0.331 e. The highest BCUT2D eigenvalue weighted by Crippen LogP contribution is 2.11. The molecule has 0 aliphatic carbocycles. The van der Waals surface area contributed by atoms with Gasteiger partial charge in [0.05, 0.1) is 12.7 Å². The third-order valence-electron chi connectivity index (χ3n) is 0.913. The van der Waals surface area contributed by atoms with E-state index in [0.717, 1.165) is 0 Å². The first kappa shape index (κ1) is 6.85. The lowest BCUT2D eigenvalue weighted by molar-refractivity contribution is -0.137. The van der Waals surface area contributed by atoms with Gasteiger partial charge in [0.25, 0.3) is 0 Å². The SMILES string of the molecule is O=C(O)C1NCOCS1. The second-order valence-corrected chi connectivity index (χ2v) is 2.60. The first-order valence-electron chi connectivity index (χ1n) is 2.46. The molecule has 0 amide bonds. The molecule has 0 spiro atoms. The lowest BCUT2D eigenvalue weighted by atomic mass is 10.6. The summed E-state index contributed by atoms with van der Waals surface area (Å²) in [6.07, 6.45) is 0. The number of ether oxygens (including phenoxy) is 1. The predicted molar refractivity (Wildman–Crippen MR) is 33.0 cm³/mol. The van der Waals surface area contributed by atoms with E-state index in [1.54, 1.807) is 0 Å². The summed E-state index contributed by atoms with van der Waals surface area (Å²) in [6.45, 7) is 0.337. The van der Waals surface area contributed by atoms with Crippen LogP contribution >= 0.6 is 11.8 Å². The number of nitrogens with one attached hydrogen (secondary N) is 1. The summed E-state index contributed by atoms with van der Waals surface area (Å²) in [7, 11) is 0. The van der Waals surface area contributed by atoms with Crippen molar-refractivity contribution in [1.82, 2.24) is 5.32 Å². The fourth-order valence-corrected chi connectivity index (χ4v) is 1.15. The highest BCUT2D eigenvalue weighted by molar-refractivity contribution is 8.00. The molecule has 1 rings (SSSR count). The number of carbonyl (C=O) groups is 1. The molecule has 0 aromatic carbocycles. The molecular formula is C4H7NO3S. The highest BCUT2D eigenvalue weighted by atomic mass is 32.2. The van der Waals surface area contributed by atoms with Crippen molar-refractivity contribution in [2.45, 2.75) is 5.37 Å². The molecule has 1 heterocycles. The van der Waals surface area contributed by atoms with Gasteiger partial charge in [-0.3, -0.25) is 5.32 Å². The van der Waals surface area contributed by atoms with Crippen LogP contribution in [0, 0.1) is 0 Å². The van der Waals surface area contributed by atoms with Crippen molar-refractivity contribution in [1.29, 1.82) is 0 Å². The summed E-state index contributed by atoms with van der Waals surface area (Å²) >= 11 is 1.24. The zero-order valence-electron chi connectivity index (χ0n) is 4.66. The molecule has 1 atom stereocenters. The molecule has 9 heavy (non-hydrogen) atoms. The molecular weight excluding hydrogens is 142 g/mol. The quantitative estimate of drug-likeness (QED) is 0.534. The van der Waals surface area contributed by atoms with Crippen LogP contribution in [0.4, 0.5) is 0 Å². The summed E-state index contributed by atoms with van der Waals surface area (Å²) in [5.74, 6) is -0.368. The summed E-state index contributed by atoms with van der Waals surface area (Å²) in [5, 5.41) is 10.6. The molecule has 2 N–H and O–H groups in total. The van der Waals surface area contributed by atoms with Crippen molar-refractivity contribution in [3.8, 4) is 0 Å². The van der Waals surface area contributed by atoms with Gasteiger partial charge in [0.15, 0.2) is 5.37 Å². The number of thioether (sulfide) groups is 1. The van der Waals surface area contributed by atoms with Gasteiger partial charge in [0.2, 0.25) is 0 Å². The van der Waals surface area contributed by atoms with E-state index in [9.17, 15) is 4.79 Å². The average molecular weight is 149 g/mol. The van der Waals surface area contributed by atoms with E-state index >= 15 is 0 Å². The van der Waals surface area contributed by atoms with Crippen molar-refractivity contribution < 1.29 is 14.6 Å². The Bertz CT molecular complexity index is 112. The maximum atomic E-state index is 10.2. The van der Waals surface area contributed by atoms with Crippen LogP contribution in [-0.4, -0.2) is 29.1 Å². The average Bonchev–Trinajstić information content (AvgIpc) is 1.90. The second kappa shape index (κ2) is 3.05. The molecule has 0 bridgehead atoms. The van der Waals surface area contributed by atoms with Gasteiger partial charge in [-0.2, -0.15) is 0 Å². The lowest BCUT2D eigenvalue weighted by Gasteiger charge is -2.18. The van der Waals surface area contributed by atoms with E-state index in [4.69, 9.17) is 9.84 Å². The molecule has 1 aliphatic rings. The van der Waals surface area contributed by atoms with E-state index in [-0.39, 0.29) is 0 Å². The molecule has 52 valence electrons. The number of hydrogen-bond acceptors (Lipinski definition) is 4. The lowest BCUT2D eigenvalue weighted by Crippen LogP contribution is -2.39. The van der Waals surface area contributed by atoms with Gasteiger partial charge in [0.1, 0.15) is 0 Å². The molecule has 4 nitrogen and oxygen atoms in total. The fourth-order valence-electron chi connectivity index (χ4n) is 0.510. The van der Waals surface area contributed by atoms with Crippen LogP contribution in [0.5, 0.6) is 0 Å². The number of carboxylic acids is 1. The Labute approximate surface area is 56.6 Å². The van der Waals surface area contributed by atoms with E-state index in [0.29, 0.717) is 12.7 Å². The zero-order chi connectivity index (χ0) is 6.69. The Morgan fingerprint density at radius 3 is 3.00 bits per heavy atom. The first-order chi connectivity index (χ1) is 4.30. The van der Waals surface area contributed by atoms with E-state index in [2.05, 4.69) is 5.32 Å². The van der Waals surface area contributed by atoms with Crippen molar-refractivity contribution in [3.05, 3.63) is 0 Å². The zero-order valence-corrected chi connectivity index (χ0v) is 5.48. The van der Waals surface area contributed by atoms with Crippen LogP contribution in [0.15, 0.2) is 0 Å². The minimum Gasteiger partial charge on any atom is -0.479 e. The molecule has 0 saturated carbocycles. The Hall–Kier alpha value is -0.260. The summed E-state index contributed by atoms with van der Waals surface area (Å²) in [5.41, 5.74) is 0. The maximum absolute atomic E-state index is 10.2. The topological polar surface area (TPSA) is 58.6 Å². The molecule has 1 fully saturated rings. The Kier molecular flexibility index (Phi) is 2.32. The van der Waals surface area contributed by atoms with Gasteiger partial charge in [-0.25, -0.2) is 4.79 Å². The second-order valence-electron chi connectivity index (χ2n) is 1.56. The van der Waals surface area contributed by atoms with Crippen molar-refractivity contribution in [2.24, 2.45) is 0 Å². The summed E-state index contributed by atoms with van der Waals surface area (Å²) in [4.78, 5) is 10.2. The van der Waals surface area contributed by atoms with Gasteiger partial charge in [0, 0.05) is 0 Å². The smallest absolute Gasteiger partial charge is 0.331 e. The molecule has 0 aromatic heterocycles. The molecule has 5 heteroatoms. The Morgan fingerprint density at radius 2 is 2.67 bits per heavy atom. The predicted octanol–water partition coefficient (Wildman–Crippen LogP) is -0.335. The molecule has 1 aliphatic heterocycles. The number of carboxylic acid groups (broad SMARTS) is 1. The largest absolute Gasteiger partial charge is 0.479 e. The van der Waals surface area contributed by atoms with Crippen molar-refractivity contribution in [2.75, 3.05) is 12.7 Å². The van der Waals surface area contributed by atoms with Crippen LogP contribution in [0.1, 0.15) is 0 Å². The standard InChI is InChI=1S/C4H7NO3S/c6-4(7)3-5-1-8-2-9-3/h3,5H,1-2H2,(H,6,7). The Balaban J connectivity index is 2.31. The van der Waals surface area contributed by atoms with E-state index in [1.807, 2.05) is 0 Å². The van der Waals surface area contributed by atoms with Crippen LogP contribution in [0.25, 0.3) is 0 Å². The van der Waals surface area contributed by atoms with Gasteiger partial charge in [-0.1, -0.05) is 0 Å². The number of rotatable bonds is 1. The van der Waals surface area contributed by atoms with Gasteiger partial charge in [-0.15, -0.1) is 11.8 Å². The highest BCUT2D eigenvalue weighted by Gasteiger charge is 2.19. The minimum atomic E-state index is -0.830. The van der Waals surface area contributed by atoms with Crippen LogP contribution in [-0.2, 0) is 9.53 Å². The summed E-state index contributed by atoms with van der Waals surface area (Å²) < 4.78 is 4.84. The molecule has 1 unspecified atom stereocenters. The third kappa shape index (κ3) is 1.85. The van der Waals surface area contributed by atoms with Crippen LogP contribution < -0.4 is 5.32 Å². The van der Waals surface area contributed by atoms with Crippen LogP contribution in [0.2, 0.25) is 0 Å². The Morgan fingerprint density at radius 1 is 1.89 bits per heavy atom. The van der Waals surface area contributed by atoms with Crippen molar-refractivity contribution >= 4 is 17.7 Å². The molecule has 0 radical (unpaired) electrons. The number of aliphatic carboxylic acids is 1. The van der Waals surface area contributed by atoms with Crippen molar-refractivity contribution in [3.63, 3.8) is 0 Å². The van der Waals surface area contributed by atoms with Gasteiger partial charge < -0.3 is 9.84 Å². The first-order valence-corrected chi connectivity index (χ1v) is 3.51. The molecule has 0 aromatic rings. The monoisotopic (exact) mass is 149 g/mol. The molecule has 1 saturated heterocycles. The number of hydrogen-bond donors (Lipinski definition) is 2.